The zero-order valence-electron chi connectivity index (χ0n) is 8.41. The lowest BCUT2D eigenvalue weighted by atomic mass is 10.3. The Morgan fingerprint density at radius 1 is 1.57 bits per heavy atom. The van der Waals surface area contributed by atoms with Gasteiger partial charge < -0.3 is 9.15 Å². The molecule has 0 aliphatic rings. The van der Waals surface area contributed by atoms with Crippen molar-refractivity contribution in [1.82, 2.24) is 0 Å². The molecule has 0 spiro atoms. The molecule has 0 N–H and O–H groups in total. The SMILES string of the molecule is COCCCSc1ccc(C(C)=O)o1. The highest BCUT2D eigenvalue weighted by Crippen LogP contribution is 2.21. The summed E-state index contributed by atoms with van der Waals surface area (Å²) < 4.78 is 10.2. The second-order valence-electron chi connectivity index (χ2n) is 2.87. The first-order valence-electron chi connectivity index (χ1n) is 4.46. The van der Waals surface area contributed by atoms with Crippen LogP contribution in [0, 0.1) is 0 Å². The standard InChI is InChI=1S/C10H14O3S/c1-8(11)9-4-5-10(13-9)14-7-3-6-12-2/h4-5H,3,6-7H2,1-2H3. The van der Waals surface area contributed by atoms with E-state index in [0.29, 0.717) is 5.76 Å². The van der Waals surface area contributed by atoms with E-state index in [2.05, 4.69) is 0 Å². The van der Waals surface area contributed by atoms with Crippen LogP contribution in [-0.4, -0.2) is 25.3 Å². The maximum atomic E-state index is 10.9. The molecule has 0 aliphatic heterocycles. The summed E-state index contributed by atoms with van der Waals surface area (Å²) in [6, 6.07) is 3.54. The Hall–Kier alpha value is -0.740. The normalized spacial score (nSPS) is 10.4. The summed E-state index contributed by atoms with van der Waals surface area (Å²) in [5.74, 6) is 1.34. The van der Waals surface area contributed by atoms with Crippen LogP contribution in [0.3, 0.4) is 0 Å². The molecule has 0 aliphatic carbocycles. The van der Waals surface area contributed by atoms with Gasteiger partial charge in [-0.25, -0.2) is 0 Å². The van der Waals surface area contributed by atoms with Gasteiger partial charge in [-0.2, -0.15) is 0 Å². The minimum Gasteiger partial charge on any atom is -0.447 e. The molecule has 0 saturated heterocycles. The van der Waals surface area contributed by atoms with E-state index in [4.69, 9.17) is 9.15 Å². The van der Waals surface area contributed by atoms with Gasteiger partial charge in [0.2, 0.25) is 0 Å². The van der Waals surface area contributed by atoms with Crippen molar-refractivity contribution < 1.29 is 13.9 Å². The lowest BCUT2D eigenvalue weighted by molar-refractivity contribution is 0.0982. The van der Waals surface area contributed by atoms with E-state index in [1.54, 1.807) is 24.9 Å². The predicted octanol–water partition coefficient (Wildman–Crippen LogP) is 2.61. The minimum absolute atomic E-state index is 0.0336. The van der Waals surface area contributed by atoms with E-state index in [0.717, 1.165) is 23.9 Å². The van der Waals surface area contributed by atoms with E-state index in [9.17, 15) is 4.79 Å². The van der Waals surface area contributed by atoms with Crippen LogP contribution in [0.2, 0.25) is 0 Å². The Bertz CT molecular complexity index is 293. The van der Waals surface area contributed by atoms with E-state index in [1.165, 1.54) is 6.92 Å². The molecule has 0 bridgehead atoms. The lowest BCUT2D eigenvalue weighted by Crippen LogP contribution is -1.89. The summed E-state index contributed by atoms with van der Waals surface area (Å²) in [6.45, 7) is 2.26. The number of carbonyl (C=O) groups excluding carboxylic acids is 1. The van der Waals surface area contributed by atoms with Crippen LogP contribution in [0.5, 0.6) is 0 Å². The lowest BCUT2D eigenvalue weighted by Gasteiger charge is -1.96. The third-order valence-electron chi connectivity index (χ3n) is 1.67. The molecule has 14 heavy (non-hydrogen) atoms. The maximum absolute atomic E-state index is 10.9. The average molecular weight is 214 g/mol. The smallest absolute Gasteiger partial charge is 0.194 e. The van der Waals surface area contributed by atoms with Gasteiger partial charge in [-0.3, -0.25) is 4.79 Å². The van der Waals surface area contributed by atoms with Crippen LogP contribution in [0.4, 0.5) is 0 Å². The van der Waals surface area contributed by atoms with Crippen LogP contribution in [-0.2, 0) is 4.74 Å². The fourth-order valence-electron chi connectivity index (χ4n) is 0.963. The highest BCUT2D eigenvalue weighted by Gasteiger charge is 2.05. The zero-order valence-corrected chi connectivity index (χ0v) is 9.23. The Balaban J connectivity index is 2.33. The summed E-state index contributed by atoms with van der Waals surface area (Å²) in [5.41, 5.74) is 0. The van der Waals surface area contributed by atoms with Gasteiger partial charge in [0.1, 0.15) is 0 Å². The van der Waals surface area contributed by atoms with Gasteiger partial charge in [-0.15, -0.1) is 0 Å². The van der Waals surface area contributed by atoms with Crippen molar-refractivity contribution in [2.45, 2.75) is 18.4 Å². The van der Waals surface area contributed by atoms with Crippen LogP contribution < -0.4 is 0 Å². The molecule has 0 unspecified atom stereocenters. The van der Waals surface area contributed by atoms with Crippen molar-refractivity contribution in [1.29, 1.82) is 0 Å². The number of ether oxygens (including phenoxy) is 1. The number of Topliss-reactive ketones (excluding diaryl/α,β-unsaturated/α-hetero) is 1. The van der Waals surface area contributed by atoms with E-state index in [-0.39, 0.29) is 5.78 Å². The molecule has 1 aromatic heterocycles. The number of methoxy groups -OCH3 is 1. The van der Waals surface area contributed by atoms with Crippen molar-refractivity contribution in [3.8, 4) is 0 Å². The molecule has 0 aromatic carbocycles. The number of hydrogen-bond acceptors (Lipinski definition) is 4. The molecule has 0 radical (unpaired) electrons. The summed E-state index contributed by atoms with van der Waals surface area (Å²) in [5, 5.41) is 0.798. The summed E-state index contributed by atoms with van der Waals surface area (Å²) in [4.78, 5) is 10.9. The molecule has 0 fully saturated rings. The Morgan fingerprint density at radius 2 is 2.36 bits per heavy atom. The highest BCUT2D eigenvalue weighted by atomic mass is 32.2. The fourth-order valence-corrected chi connectivity index (χ4v) is 1.74. The molecular formula is C10H14O3S. The first kappa shape index (κ1) is 11.3. The van der Waals surface area contributed by atoms with Crippen molar-refractivity contribution in [2.75, 3.05) is 19.5 Å². The van der Waals surface area contributed by atoms with Crippen molar-refractivity contribution >= 4 is 17.5 Å². The molecule has 78 valence electrons. The second kappa shape index (κ2) is 5.88. The quantitative estimate of drug-likeness (QED) is 0.414. The first-order valence-corrected chi connectivity index (χ1v) is 5.45. The van der Waals surface area contributed by atoms with E-state index in [1.807, 2.05) is 6.07 Å². The third-order valence-corrected chi connectivity index (χ3v) is 2.66. The van der Waals surface area contributed by atoms with E-state index < -0.39 is 0 Å². The summed E-state index contributed by atoms with van der Waals surface area (Å²) in [6.07, 6.45) is 0.983. The molecule has 0 saturated carbocycles. The van der Waals surface area contributed by atoms with Crippen LogP contribution in [0.25, 0.3) is 0 Å². The minimum atomic E-state index is -0.0336. The van der Waals surface area contributed by atoms with Crippen LogP contribution in [0.1, 0.15) is 23.9 Å². The van der Waals surface area contributed by atoms with Crippen LogP contribution >= 0.6 is 11.8 Å². The molecule has 1 aromatic rings. The molecule has 3 nitrogen and oxygen atoms in total. The van der Waals surface area contributed by atoms with Crippen molar-refractivity contribution in [2.24, 2.45) is 0 Å². The van der Waals surface area contributed by atoms with Gasteiger partial charge in [0.15, 0.2) is 16.6 Å². The number of carbonyl (C=O) groups is 1. The van der Waals surface area contributed by atoms with Crippen LogP contribution in [0.15, 0.2) is 21.6 Å². The molecule has 1 rings (SSSR count). The number of ketones is 1. The number of hydrogen-bond donors (Lipinski definition) is 0. The number of thioether (sulfide) groups is 1. The van der Waals surface area contributed by atoms with E-state index >= 15 is 0 Å². The molecule has 0 atom stereocenters. The average Bonchev–Trinajstić information content (AvgIpc) is 2.61. The van der Waals surface area contributed by atoms with Crippen molar-refractivity contribution in [3.05, 3.63) is 17.9 Å². The van der Waals surface area contributed by atoms with Gasteiger partial charge in [0.25, 0.3) is 0 Å². The van der Waals surface area contributed by atoms with Gasteiger partial charge >= 0.3 is 0 Å². The van der Waals surface area contributed by atoms with Gasteiger partial charge in [-0.1, -0.05) is 11.8 Å². The second-order valence-corrected chi connectivity index (χ2v) is 3.97. The number of rotatable bonds is 6. The highest BCUT2D eigenvalue weighted by molar-refractivity contribution is 7.99. The predicted molar refractivity (Wildman–Crippen MR) is 55.9 cm³/mol. The molecule has 4 heteroatoms. The molecule has 0 amide bonds. The topological polar surface area (TPSA) is 39.4 Å². The zero-order chi connectivity index (χ0) is 10.4. The van der Waals surface area contributed by atoms with Crippen molar-refractivity contribution in [3.63, 3.8) is 0 Å². The van der Waals surface area contributed by atoms with Gasteiger partial charge in [0.05, 0.1) is 0 Å². The monoisotopic (exact) mass is 214 g/mol. The number of furan rings is 1. The molecule has 1 heterocycles. The summed E-state index contributed by atoms with van der Waals surface area (Å²) >= 11 is 1.60. The first-order chi connectivity index (χ1) is 6.74. The van der Waals surface area contributed by atoms with Gasteiger partial charge in [0, 0.05) is 26.4 Å². The Kier molecular flexibility index (Phi) is 4.76. The largest absolute Gasteiger partial charge is 0.447 e. The molecular weight excluding hydrogens is 200 g/mol. The fraction of sp³-hybridized carbons (Fsp3) is 0.500. The Labute approximate surface area is 87.8 Å². The maximum Gasteiger partial charge on any atom is 0.194 e. The third kappa shape index (κ3) is 3.55. The Morgan fingerprint density at radius 3 is 2.93 bits per heavy atom. The van der Waals surface area contributed by atoms with Gasteiger partial charge in [-0.05, 0) is 18.6 Å². The summed E-state index contributed by atoms with van der Waals surface area (Å²) in [7, 11) is 1.69.